The van der Waals surface area contributed by atoms with Gasteiger partial charge in [-0.15, -0.1) is 0 Å². The molecule has 0 aliphatic rings. The minimum atomic E-state index is 0.660. The summed E-state index contributed by atoms with van der Waals surface area (Å²) in [4.78, 5) is 4.27. The van der Waals surface area contributed by atoms with Crippen LogP contribution in [0.3, 0.4) is 0 Å². The van der Waals surface area contributed by atoms with Crippen LogP contribution in [0.2, 0.25) is 0 Å². The van der Waals surface area contributed by atoms with Crippen LogP contribution in [0.5, 0.6) is 5.75 Å². The van der Waals surface area contributed by atoms with Crippen molar-refractivity contribution in [1.29, 1.82) is 0 Å². The van der Waals surface area contributed by atoms with Gasteiger partial charge < -0.3 is 19.4 Å². The number of benzene rings is 1. The van der Waals surface area contributed by atoms with Gasteiger partial charge in [-0.25, -0.2) is 4.98 Å². The molecule has 0 fully saturated rings. The summed E-state index contributed by atoms with van der Waals surface area (Å²) < 4.78 is 12.2. The Labute approximate surface area is 106 Å². The summed E-state index contributed by atoms with van der Waals surface area (Å²) in [5.41, 5.74) is 0.973. The van der Waals surface area contributed by atoms with Crippen LogP contribution < -0.4 is 10.1 Å². The van der Waals surface area contributed by atoms with Crippen molar-refractivity contribution in [1.82, 2.24) is 9.55 Å². The number of nitrogens with zero attached hydrogens (tertiary/aromatic N) is 2. The van der Waals surface area contributed by atoms with Crippen molar-refractivity contribution in [2.24, 2.45) is 0 Å². The molecule has 0 aliphatic heterocycles. The summed E-state index contributed by atoms with van der Waals surface area (Å²) >= 11 is 0. The molecular weight excluding hydrogens is 230 g/mol. The lowest BCUT2D eigenvalue weighted by Crippen LogP contribution is -2.07. The average Bonchev–Trinajstić information content (AvgIpc) is 2.84. The fourth-order valence-electron chi connectivity index (χ4n) is 1.61. The second-order valence-corrected chi connectivity index (χ2v) is 3.79. The van der Waals surface area contributed by atoms with Crippen molar-refractivity contribution in [3.63, 3.8) is 0 Å². The SMILES string of the molecule is COCCn1ccnc1Nc1ccc(OC)cc1. The molecule has 0 saturated carbocycles. The van der Waals surface area contributed by atoms with Gasteiger partial charge in [0.1, 0.15) is 5.75 Å². The van der Waals surface area contributed by atoms with Crippen molar-refractivity contribution >= 4 is 11.6 Å². The number of imidazole rings is 1. The second-order valence-electron chi connectivity index (χ2n) is 3.79. The Bertz CT molecular complexity index is 479. The molecule has 0 amide bonds. The zero-order chi connectivity index (χ0) is 12.8. The molecule has 0 bridgehead atoms. The van der Waals surface area contributed by atoms with E-state index in [0.717, 1.165) is 23.9 Å². The van der Waals surface area contributed by atoms with Gasteiger partial charge in [-0.2, -0.15) is 0 Å². The molecule has 0 saturated heterocycles. The standard InChI is InChI=1S/C13H17N3O2/c1-17-10-9-16-8-7-14-13(16)15-11-3-5-12(18-2)6-4-11/h3-8H,9-10H2,1-2H3,(H,14,15). The number of ether oxygens (including phenoxy) is 2. The molecule has 96 valence electrons. The molecule has 1 heterocycles. The van der Waals surface area contributed by atoms with Crippen LogP contribution in [-0.4, -0.2) is 30.4 Å². The highest BCUT2D eigenvalue weighted by atomic mass is 16.5. The Kier molecular flexibility index (Phi) is 4.20. The summed E-state index contributed by atoms with van der Waals surface area (Å²) in [6.45, 7) is 1.43. The molecule has 0 radical (unpaired) electrons. The lowest BCUT2D eigenvalue weighted by Gasteiger charge is -2.09. The molecule has 0 unspecified atom stereocenters. The predicted molar refractivity (Wildman–Crippen MR) is 70.4 cm³/mol. The minimum absolute atomic E-state index is 0.660. The Morgan fingerprint density at radius 1 is 1.22 bits per heavy atom. The lowest BCUT2D eigenvalue weighted by atomic mass is 10.3. The molecular formula is C13H17N3O2. The van der Waals surface area contributed by atoms with Gasteiger partial charge in [-0.1, -0.05) is 0 Å². The van der Waals surface area contributed by atoms with Crippen molar-refractivity contribution in [3.05, 3.63) is 36.7 Å². The van der Waals surface area contributed by atoms with Crippen LogP contribution in [0.15, 0.2) is 36.7 Å². The van der Waals surface area contributed by atoms with Crippen LogP contribution >= 0.6 is 0 Å². The van der Waals surface area contributed by atoms with E-state index in [1.54, 1.807) is 20.4 Å². The molecule has 5 heteroatoms. The van der Waals surface area contributed by atoms with Gasteiger partial charge in [0.15, 0.2) is 0 Å². The number of aromatic nitrogens is 2. The second kappa shape index (κ2) is 6.07. The largest absolute Gasteiger partial charge is 0.497 e. The third kappa shape index (κ3) is 3.01. The predicted octanol–water partition coefficient (Wildman–Crippen LogP) is 2.28. The fraction of sp³-hybridized carbons (Fsp3) is 0.308. The van der Waals surface area contributed by atoms with Crippen molar-refractivity contribution in [3.8, 4) is 5.75 Å². The van der Waals surface area contributed by atoms with E-state index in [0.29, 0.717) is 6.61 Å². The number of hydrogen-bond donors (Lipinski definition) is 1. The molecule has 0 aliphatic carbocycles. The maximum absolute atomic E-state index is 5.12. The third-order valence-corrected chi connectivity index (χ3v) is 2.60. The van der Waals surface area contributed by atoms with E-state index in [1.807, 2.05) is 35.0 Å². The Hall–Kier alpha value is -2.01. The number of anilines is 2. The smallest absolute Gasteiger partial charge is 0.207 e. The Balaban J connectivity index is 2.05. The normalized spacial score (nSPS) is 10.3. The third-order valence-electron chi connectivity index (χ3n) is 2.60. The Morgan fingerprint density at radius 3 is 2.67 bits per heavy atom. The van der Waals surface area contributed by atoms with Crippen molar-refractivity contribution in [2.45, 2.75) is 6.54 Å². The highest BCUT2D eigenvalue weighted by Gasteiger charge is 2.02. The van der Waals surface area contributed by atoms with Crippen LogP contribution in [0.1, 0.15) is 0 Å². The highest BCUT2D eigenvalue weighted by molar-refractivity contribution is 5.54. The van der Waals surface area contributed by atoms with E-state index in [-0.39, 0.29) is 0 Å². The molecule has 2 rings (SSSR count). The molecule has 1 aromatic carbocycles. The quantitative estimate of drug-likeness (QED) is 0.850. The molecule has 2 aromatic rings. The first-order chi connectivity index (χ1) is 8.83. The summed E-state index contributed by atoms with van der Waals surface area (Å²) in [5, 5.41) is 3.25. The lowest BCUT2D eigenvalue weighted by molar-refractivity contribution is 0.188. The van der Waals surface area contributed by atoms with Crippen LogP contribution in [0.25, 0.3) is 0 Å². The number of nitrogens with one attached hydrogen (secondary N) is 1. The van der Waals surface area contributed by atoms with Crippen LogP contribution in [0.4, 0.5) is 11.6 Å². The maximum atomic E-state index is 5.12. The monoisotopic (exact) mass is 247 g/mol. The summed E-state index contributed by atoms with van der Waals surface area (Å²) in [7, 11) is 3.34. The van der Waals surface area contributed by atoms with E-state index >= 15 is 0 Å². The molecule has 0 spiro atoms. The van der Waals surface area contributed by atoms with Gasteiger partial charge in [0.25, 0.3) is 0 Å². The van der Waals surface area contributed by atoms with Gasteiger partial charge >= 0.3 is 0 Å². The molecule has 0 atom stereocenters. The zero-order valence-corrected chi connectivity index (χ0v) is 10.6. The first-order valence-electron chi connectivity index (χ1n) is 5.74. The van der Waals surface area contributed by atoms with E-state index in [4.69, 9.17) is 9.47 Å². The van der Waals surface area contributed by atoms with Gasteiger partial charge in [-0.05, 0) is 24.3 Å². The van der Waals surface area contributed by atoms with Gasteiger partial charge in [0.05, 0.1) is 13.7 Å². The fourth-order valence-corrected chi connectivity index (χ4v) is 1.61. The molecule has 1 N–H and O–H groups in total. The summed E-state index contributed by atoms with van der Waals surface area (Å²) in [6.07, 6.45) is 3.69. The van der Waals surface area contributed by atoms with Gasteiger partial charge in [-0.3, -0.25) is 0 Å². The molecule has 5 nitrogen and oxygen atoms in total. The average molecular weight is 247 g/mol. The molecule has 18 heavy (non-hydrogen) atoms. The summed E-state index contributed by atoms with van der Waals surface area (Å²) in [5.74, 6) is 1.64. The first-order valence-corrected chi connectivity index (χ1v) is 5.74. The van der Waals surface area contributed by atoms with Crippen LogP contribution in [-0.2, 0) is 11.3 Å². The van der Waals surface area contributed by atoms with Crippen LogP contribution in [0, 0.1) is 0 Å². The Morgan fingerprint density at radius 2 is 2.00 bits per heavy atom. The van der Waals surface area contributed by atoms with E-state index in [9.17, 15) is 0 Å². The van der Waals surface area contributed by atoms with E-state index < -0.39 is 0 Å². The highest BCUT2D eigenvalue weighted by Crippen LogP contribution is 2.18. The van der Waals surface area contributed by atoms with Gasteiger partial charge in [0, 0.05) is 31.7 Å². The minimum Gasteiger partial charge on any atom is -0.497 e. The number of rotatable bonds is 6. The first kappa shape index (κ1) is 12.4. The molecule has 1 aromatic heterocycles. The maximum Gasteiger partial charge on any atom is 0.207 e. The van der Waals surface area contributed by atoms with Crippen molar-refractivity contribution < 1.29 is 9.47 Å². The summed E-state index contributed by atoms with van der Waals surface area (Å²) in [6, 6.07) is 7.72. The van der Waals surface area contributed by atoms with E-state index in [1.165, 1.54) is 0 Å². The topological polar surface area (TPSA) is 48.3 Å². The number of hydrogen-bond acceptors (Lipinski definition) is 4. The zero-order valence-electron chi connectivity index (χ0n) is 10.6. The number of methoxy groups -OCH3 is 2. The van der Waals surface area contributed by atoms with Crippen molar-refractivity contribution in [2.75, 3.05) is 26.1 Å². The van der Waals surface area contributed by atoms with E-state index in [2.05, 4.69) is 10.3 Å². The van der Waals surface area contributed by atoms with Gasteiger partial charge in [0.2, 0.25) is 5.95 Å².